The molecule has 5 nitrogen and oxygen atoms in total. The van der Waals surface area contributed by atoms with Crippen LogP contribution >= 0.6 is 27.5 Å². The van der Waals surface area contributed by atoms with E-state index in [0.29, 0.717) is 17.8 Å². The first-order valence-electron chi connectivity index (χ1n) is 7.81. The summed E-state index contributed by atoms with van der Waals surface area (Å²) >= 11 is 9.84. The molecular formula is C19H15BrClN3O2. The van der Waals surface area contributed by atoms with E-state index in [1.807, 2.05) is 24.3 Å². The van der Waals surface area contributed by atoms with Crippen molar-refractivity contribution in [2.45, 2.75) is 11.4 Å². The van der Waals surface area contributed by atoms with Crippen LogP contribution in [-0.4, -0.2) is 27.3 Å². The van der Waals surface area contributed by atoms with Crippen molar-refractivity contribution in [3.05, 3.63) is 82.3 Å². The highest BCUT2D eigenvalue weighted by Gasteiger charge is 2.24. The van der Waals surface area contributed by atoms with Gasteiger partial charge in [0.15, 0.2) is 5.00 Å². The molecule has 0 saturated heterocycles. The van der Waals surface area contributed by atoms with Crippen molar-refractivity contribution < 1.29 is 9.90 Å². The molecule has 1 heterocycles. The molecule has 0 bridgehead atoms. The number of para-hydroxylation sites is 1. The second-order valence-electron chi connectivity index (χ2n) is 5.63. The van der Waals surface area contributed by atoms with Crippen LogP contribution in [0.2, 0.25) is 0 Å². The van der Waals surface area contributed by atoms with Crippen LogP contribution in [0.4, 0.5) is 5.69 Å². The number of anilines is 1. The number of pyridine rings is 1. The van der Waals surface area contributed by atoms with Crippen LogP contribution in [0.3, 0.4) is 0 Å². The average Bonchev–Trinajstić information content (AvgIpc) is 2.63. The maximum absolute atomic E-state index is 11.3. The zero-order valence-corrected chi connectivity index (χ0v) is 15.9. The molecule has 1 aliphatic carbocycles. The predicted octanol–water partition coefficient (Wildman–Crippen LogP) is 4.85. The maximum Gasteiger partial charge on any atom is 0.337 e. The highest BCUT2D eigenvalue weighted by molar-refractivity contribution is 9.10. The standard InChI is InChI=1S/C19H15BrClN3O2/c20-17-7-3-4-14(24-17)12-22-19(21)10-8-13(9-11-19)23-16-6-2-1-5-15(16)18(25)26/h1-10,12,23H,11H2,(H,25,26)/b22-12+. The van der Waals surface area contributed by atoms with Gasteiger partial charge in [-0.2, -0.15) is 0 Å². The molecule has 0 saturated carbocycles. The Bertz CT molecular complexity index is 927. The fourth-order valence-corrected chi connectivity index (χ4v) is 2.94. The van der Waals surface area contributed by atoms with Gasteiger partial charge in [-0.25, -0.2) is 9.78 Å². The van der Waals surface area contributed by atoms with Gasteiger partial charge in [-0.15, -0.1) is 0 Å². The Morgan fingerprint density at radius 2 is 2.12 bits per heavy atom. The van der Waals surface area contributed by atoms with Gasteiger partial charge in [0.25, 0.3) is 0 Å². The Balaban J connectivity index is 1.70. The molecule has 3 rings (SSSR count). The Hall–Kier alpha value is -2.44. The minimum absolute atomic E-state index is 0.211. The number of nitrogens with one attached hydrogen (secondary N) is 1. The minimum Gasteiger partial charge on any atom is -0.478 e. The molecule has 0 radical (unpaired) electrons. The van der Waals surface area contributed by atoms with Crippen LogP contribution in [-0.2, 0) is 0 Å². The van der Waals surface area contributed by atoms with E-state index in [1.165, 1.54) is 0 Å². The monoisotopic (exact) mass is 431 g/mol. The summed E-state index contributed by atoms with van der Waals surface area (Å²) in [6, 6.07) is 12.3. The van der Waals surface area contributed by atoms with E-state index in [2.05, 4.69) is 31.2 Å². The lowest BCUT2D eigenvalue weighted by molar-refractivity contribution is 0.0698. The van der Waals surface area contributed by atoms with E-state index >= 15 is 0 Å². The summed E-state index contributed by atoms with van der Waals surface area (Å²) in [4.78, 5) is 19.1. The number of benzene rings is 1. The van der Waals surface area contributed by atoms with Gasteiger partial charge in [0.1, 0.15) is 4.60 Å². The number of aromatic carboxylic acids is 1. The summed E-state index contributed by atoms with van der Waals surface area (Å²) in [5.74, 6) is -0.980. The maximum atomic E-state index is 11.3. The Morgan fingerprint density at radius 1 is 1.31 bits per heavy atom. The third kappa shape index (κ3) is 4.59. The molecule has 1 atom stereocenters. The Kier molecular flexibility index (Phi) is 5.54. The lowest BCUT2D eigenvalue weighted by atomic mass is 10.1. The highest BCUT2D eigenvalue weighted by Crippen LogP contribution is 2.30. The number of halogens is 2. The minimum atomic E-state index is -0.980. The first-order chi connectivity index (χ1) is 12.5. The fraction of sp³-hybridized carbons (Fsp3) is 0.105. The Morgan fingerprint density at radius 3 is 2.81 bits per heavy atom. The number of hydrogen-bond donors (Lipinski definition) is 2. The molecule has 1 aromatic carbocycles. The third-order valence-corrected chi connectivity index (χ3v) is 4.53. The normalized spacial score (nSPS) is 19.4. The van der Waals surface area contributed by atoms with Crippen molar-refractivity contribution in [1.29, 1.82) is 0 Å². The van der Waals surface area contributed by atoms with E-state index in [4.69, 9.17) is 11.6 Å². The second-order valence-corrected chi connectivity index (χ2v) is 7.10. The van der Waals surface area contributed by atoms with Gasteiger partial charge in [-0.05, 0) is 52.3 Å². The number of carbonyl (C=O) groups is 1. The number of rotatable bonds is 5. The SMILES string of the molecule is O=C(O)c1ccccc1NC1=CCC(Cl)(/N=C/c2cccc(Br)n2)C=C1. The molecule has 1 unspecified atom stereocenters. The number of hydrogen-bond acceptors (Lipinski definition) is 4. The van der Waals surface area contributed by atoms with Gasteiger partial charge < -0.3 is 10.4 Å². The highest BCUT2D eigenvalue weighted by atomic mass is 79.9. The molecule has 0 fully saturated rings. The van der Waals surface area contributed by atoms with Crippen molar-refractivity contribution in [3.8, 4) is 0 Å². The van der Waals surface area contributed by atoms with Crippen LogP contribution in [0.1, 0.15) is 22.5 Å². The molecule has 132 valence electrons. The second kappa shape index (κ2) is 7.85. The summed E-state index contributed by atoms with van der Waals surface area (Å²) < 4.78 is 0.729. The van der Waals surface area contributed by atoms with Crippen LogP contribution < -0.4 is 5.32 Å². The van der Waals surface area contributed by atoms with Crippen LogP contribution in [0.15, 0.2) is 76.0 Å². The molecule has 0 spiro atoms. The number of carboxylic acid groups (broad SMARTS) is 1. The molecule has 1 aliphatic rings. The fourth-order valence-electron chi connectivity index (χ4n) is 2.40. The van der Waals surface area contributed by atoms with Crippen LogP contribution in [0.25, 0.3) is 0 Å². The van der Waals surface area contributed by atoms with E-state index in [1.54, 1.807) is 42.6 Å². The van der Waals surface area contributed by atoms with Crippen molar-refractivity contribution in [1.82, 2.24) is 4.98 Å². The van der Waals surface area contributed by atoms with Crippen molar-refractivity contribution >= 4 is 45.4 Å². The number of aliphatic imine (C=N–C) groups is 1. The molecule has 0 amide bonds. The number of nitrogens with zero attached hydrogens (tertiary/aromatic N) is 2. The van der Waals surface area contributed by atoms with Gasteiger partial charge in [0.2, 0.25) is 0 Å². The number of alkyl halides is 1. The molecule has 0 aliphatic heterocycles. The molecule has 2 aromatic rings. The number of aromatic nitrogens is 1. The van der Waals surface area contributed by atoms with Gasteiger partial charge in [-0.3, -0.25) is 4.99 Å². The van der Waals surface area contributed by atoms with Crippen molar-refractivity contribution in [3.63, 3.8) is 0 Å². The van der Waals surface area contributed by atoms with E-state index < -0.39 is 11.0 Å². The average molecular weight is 433 g/mol. The lowest BCUT2D eigenvalue weighted by Crippen LogP contribution is -2.19. The van der Waals surface area contributed by atoms with Crippen molar-refractivity contribution in [2.75, 3.05) is 5.32 Å². The largest absolute Gasteiger partial charge is 0.478 e. The first-order valence-corrected chi connectivity index (χ1v) is 8.98. The molecule has 2 N–H and O–H groups in total. The Labute approximate surface area is 164 Å². The van der Waals surface area contributed by atoms with E-state index in [9.17, 15) is 9.90 Å². The quantitative estimate of drug-likeness (QED) is 0.306. The first kappa shape index (κ1) is 18.4. The predicted molar refractivity (Wildman–Crippen MR) is 107 cm³/mol. The van der Waals surface area contributed by atoms with Gasteiger partial charge in [0.05, 0.1) is 16.9 Å². The summed E-state index contributed by atoms with van der Waals surface area (Å²) in [5.41, 5.74) is 2.21. The zero-order chi connectivity index (χ0) is 18.6. The van der Waals surface area contributed by atoms with Gasteiger partial charge >= 0.3 is 5.97 Å². The van der Waals surface area contributed by atoms with Crippen LogP contribution in [0, 0.1) is 0 Å². The van der Waals surface area contributed by atoms with Crippen LogP contribution in [0.5, 0.6) is 0 Å². The number of carboxylic acids is 1. The van der Waals surface area contributed by atoms with Gasteiger partial charge in [0, 0.05) is 18.3 Å². The van der Waals surface area contributed by atoms with E-state index in [0.717, 1.165) is 10.3 Å². The molecular weight excluding hydrogens is 418 g/mol. The summed E-state index contributed by atoms with van der Waals surface area (Å²) in [7, 11) is 0. The van der Waals surface area contributed by atoms with Gasteiger partial charge in [-0.1, -0.05) is 35.9 Å². The number of allylic oxidation sites excluding steroid dienone is 1. The van der Waals surface area contributed by atoms with Crippen molar-refractivity contribution in [2.24, 2.45) is 4.99 Å². The summed E-state index contributed by atoms with van der Waals surface area (Å²) in [5, 5.41) is 12.4. The van der Waals surface area contributed by atoms with E-state index in [-0.39, 0.29) is 5.56 Å². The smallest absolute Gasteiger partial charge is 0.337 e. The zero-order valence-electron chi connectivity index (χ0n) is 13.6. The third-order valence-electron chi connectivity index (χ3n) is 3.71. The molecule has 26 heavy (non-hydrogen) atoms. The lowest BCUT2D eigenvalue weighted by Gasteiger charge is -2.22. The molecule has 1 aromatic heterocycles. The summed E-state index contributed by atoms with van der Waals surface area (Å²) in [6.07, 6.45) is 7.55. The summed E-state index contributed by atoms with van der Waals surface area (Å²) in [6.45, 7) is 0. The topological polar surface area (TPSA) is 74.6 Å². The molecule has 7 heteroatoms.